The van der Waals surface area contributed by atoms with Gasteiger partial charge in [0, 0.05) is 27.4 Å². The summed E-state index contributed by atoms with van der Waals surface area (Å²) in [4.78, 5) is 8.74. The van der Waals surface area contributed by atoms with E-state index in [1.54, 1.807) is 12.4 Å². The summed E-state index contributed by atoms with van der Waals surface area (Å²) >= 11 is 3.45. The summed E-state index contributed by atoms with van der Waals surface area (Å²) in [6.45, 7) is 0. The number of nitrogens with one attached hydrogen (secondary N) is 3. The topological polar surface area (TPSA) is 78.5 Å². The normalized spacial score (nSPS) is 10.7. The molecule has 0 saturated heterocycles. The summed E-state index contributed by atoms with van der Waals surface area (Å²) in [6, 6.07) is 15.7. The molecule has 0 spiro atoms. The van der Waals surface area contributed by atoms with E-state index in [0.29, 0.717) is 11.8 Å². The van der Waals surface area contributed by atoms with Gasteiger partial charge in [0.2, 0.25) is 5.95 Å². The Morgan fingerprint density at radius 2 is 1.88 bits per heavy atom. The molecule has 2 heterocycles. The van der Waals surface area contributed by atoms with Crippen LogP contribution in [0, 0.1) is 0 Å². The highest BCUT2D eigenvalue weighted by atomic mass is 79.9. The first-order valence-electron chi connectivity index (χ1n) is 7.32. The monoisotopic (exact) mass is 380 g/mol. The van der Waals surface area contributed by atoms with Gasteiger partial charge < -0.3 is 10.6 Å². The molecule has 7 heteroatoms. The third-order valence-electron chi connectivity index (χ3n) is 3.45. The van der Waals surface area contributed by atoms with Gasteiger partial charge in [0.1, 0.15) is 5.82 Å². The van der Waals surface area contributed by atoms with Crippen molar-refractivity contribution in [2.45, 2.75) is 0 Å². The zero-order valence-corrected chi connectivity index (χ0v) is 14.1. The average Bonchev–Trinajstić information content (AvgIpc) is 3.03. The van der Waals surface area contributed by atoms with Crippen LogP contribution in [0.3, 0.4) is 0 Å². The van der Waals surface area contributed by atoms with E-state index < -0.39 is 0 Å². The van der Waals surface area contributed by atoms with E-state index in [1.165, 1.54) is 0 Å². The molecule has 0 bridgehead atoms. The Labute approximate surface area is 146 Å². The van der Waals surface area contributed by atoms with Gasteiger partial charge in [0.15, 0.2) is 0 Å². The van der Waals surface area contributed by atoms with Crippen LogP contribution in [0.25, 0.3) is 10.9 Å². The number of aromatic amines is 1. The highest BCUT2D eigenvalue weighted by Crippen LogP contribution is 2.22. The molecule has 24 heavy (non-hydrogen) atoms. The smallest absolute Gasteiger partial charge is 0.229 e. The number of aromatic nitrogens is 4. The summed E-state index contributed by atoms with van der Waals surface area (Å²) in [7, 11) is 0. The van der Waals surface area contributed by atoms with E-state index in [4.69, 9.17) is 0 Å². The van der Waals surface area contributed by atoms with Crippen LogP contribution >= 0.6 is 15.9 Å². The van der Waals surface area contributed by atoms with Crippen LogP contribution in [0.1, 0.15) is 0 Å². The molecular formula is C17H13BrN6. The Bertz CT molecular complexity index is 997. The molecule has 0 aliphatic carbocycles. The Morgan fingerprint density at radius 1 is 0.958 bits per heavy atom. The SMILES string of the molecule is Brc1cccc(Nc2nccc(Nc3ccc4cn[nH]c4c3)n2)c1. The van der Waals surface area contributed by atoms with Crippen LogP contribution in [0.5, 0.6) is 0 Å². The molecule has 0 radical (unpaired) electrons. The standard InChI is InChI=1S/C17H13BrN6/c18-12-2-1-3-13(8-12)22-17-19-7-6-16(23-17)21-14-5-4-11-10-20-24-15(11)9-14/h1-10H,(H,20,24)(H2,19,21,22,23). The minimum atomic E-state index is 0.528. The fourth-order valence-corrected chi connectivity index (χ4v) is 2.75. The van der Waals surface area contributed by atoms with Gasteiger partial charge in [-0.2, -0.15) is 10.1 Å². The largest absolute Gasteiger partial charge is 0.340 e. The molecule has 0 fully saturated rings. The Balaban J connectivity index is 1.55. The lowest BCUT2D eigenvalue weighted by molar-refractivity contribution is 1.12. The maximum absolute atomic E-state index is 4.49. The fraction of sp³-hybridized carbons (Fsp3) is 0. The number of benzene rings is 2. The van der Waals surface area contributed by atoms with Crippen LogP contribution in [-0.4, -0.2) is 20.2 Å². The van der Waals surface area contributed by atoms with Crippen molar-refractivity contribution in [3.05, 3.63) is 65.4 Å². The number of nitrogens with zero attached hydrogens (tertiary/aromatic N) is 3. The number of H-pyrrole nitrogens is 1. The molecule has 0 unspecified atom stereocenters. The number of anilines is 4. The van der Waals surface area contributed by atoms with Crippen LogP contribution < -0.4 is 10.6 Å². The third-order valence-corrected chi connectivity index (χ3v) is 3.94. The van der Waals surface area contributed by atoms with E-state index in [9.17, 15) is 0 Å². The first kappa shape index (κ1) is 14.6. The molecule has 118 valence electrons. The summed E-state index contributed by atoms with van der Waals surface area (Å²) < 4.78 is 0.995. The molecule has 6 nitrogen and oxygen atoms in total. The molecule has 4 aromatic rings. The number of hydrogen-bond donors (Lipinski definition) is 3. The van der Waals surface area contributed by atoms with Crippen molar-refractivity contribution in [1.29, 1.82) is 0 Å². The third kappa shape index (κ3) is 3.21. The molecule has 0 amide bonds. The van der Waals surface area contributed by atoms with Gasteiger partial charge in [-0.25, -0.2) is 4.98 Å². The second-order valence-electron chi connectivity index (χ2n) is 5.20. The first-order chi connectivity index (χ1) is 11.8. The van der Waals surface area contributed by atoms with Crippen molar-refractivity contribution in [2.24, 2.45) is 0 Å². The molecule has 0 atom stereocenters. The molecule has 2 aromatic carbocycles. The van der Waals surface area contributed by atoms with E-state index in [0.717, 1.165) is 26.8 Å². The summed E-state index contributed by atoms with van der Waals surface area (Å²) in [6.07, 6.45) is 3.51. The van der Waals surface area contributed by atoms with Crippen LogP contribution in [0.4, 0.5) is 23.1 Å². The van der Waals surface area contributed by atoms with Crippen LogP contribution in [-0.2, 0) is 0 Å². The number of rotatable bonds is 4. The fourth-order valence-electron chi connectivity index (χ4n) is 2.35. The van der Waals surface area contributed by atoms with Crippen molar-refractivity contribution in [2.75, 3.05) is 10.6 Å². The van der Waals surface area contributed by atoms with E-state index in [2.05, 4.69) is 46.7 Å². The molecule has 4 rings (SSSR count). The van der Waals surface area contributed by atoms with E-state index in [-0.39, 0.29) is 0 Å². The maximum Gasteiger partial charge on any atom is 0.229 e. The van der Waals surface area contributed by atoms with Crippen molar-refractivity contribution in [1.82, 2.24) is 20.2 Å². The quantitative estimate of drug-likeness (QED) is 0.482. The first-order valence-corrected chi connectivity index (χ1v) is 8.11. The highest BCUT2D eigenvalue weighted by molar-refractivity contribution is 9.10. The highest BCUT2D eigenvalue weighted by Gasteiger charge is 2.03. The second kappa shape index (κ2) is 6.29. The van der Waals surface area contributed by atoms with Crippen LogP contribution in [0.15, 0.2) is 65.4 Å². The lowest BCUT2D eigenvalue weighted by Gasteiger charge is -2.09. The minimum absolute atomic E-state index is 0.528. The predicted octanol–water partition coefficient (Wildman–Crippen LogP) is 4.60. The van der Waals surface area contributed by atoms with Gasteiger partial charge in [-0.3, -0.25) is 5.10 Å². The van der Waals surface area contributed by atoms with Crippen molar-refractivity contribution < 1.29 is 0 Å². The van der Waals surface area contributed by atoms with Gasteiger partial charge in [0.25, 0.3) is 0 Å². The Morgan fingerprint density at radius 3 is 2.79 bits per heavy atom. The molecule has 0 aliphatic rings. The summed E-state index contributed by atoms with van der Waals surface area (Å²) in [5, 5.41) is 14.5. The molecule has 0 aliphatic heterocycles. The van der Waals surface area contributed by atoms with Gasteiger partial charge in [-0.15, -0.1) is 0 Å². The Kier molecular flexibility index (Phi) is 3.84. The van der Waals surface area contributed by atoms with Gasteiger partial charge in [0.05, 0.1) is 11.7 Å². The maximum atomic E-state index is 4.49. The van der Waals surface area contributed by atoms with Crippen molar-refractivity contribution in [3.63, 3.8) is 0 Å². The minimum Gasteiger partial charge on any atom is -0.340 e. The molecule has 2 aromatic heterocycles. The van der Waals surface area contributed by atoms with Gasteiger partial charge in [-0.05, 0) is 42.5 Å². The van der Waals surface area contributed by atoms with Gasteiger partial charge >= 0.3 is 0 Å². The number of hydrogen-bond acceptors (Lipinski definition) is 5. The van der Waals surface area contributed by atoms with Crippen molar-refractivity contribution >= 4 is 50.0 Å². The zero-order chi connectivity index (χ0) is 16.4. The Hall–Kier alpha value is -2.93. The van der Waals surface area contributed by atoms with Crippen LogP contribution in [0.2, 0.25) is 0 Å². The molecular weight excluding hydrogens is 368 g/mol. The van der Waals surface area contributed by atoms with E-state index in [1.807, 2.05) is 48.5 Å². The van der Waals surface area contributed by atoms with Crippen molar-refractivity contribution in [3.8, 4) is 0 Å². The lowest BCUT2D eigenvalue weighted by atomic mass is 10.2. The molecule has 0 saturated carbocycles. The molecule has 3 N–H and O–H groups in total. The average molecular weight is 381 g/mol. The lowest BCUT2D eigenvalue weighted by Crippen LogP contribution is -2.00. The summed E-state index contributed by atoms with van der Waals surface area (Å²) in [5.74, 6) is 1.24. The number of fused-ring (bicyclic) bond motifs is 1. The van der Waals surface area contributed by atoms with Gasteiger partial charge in [-0.1, -0.05) is 22.0 Å². The predicted molar refractivity (Wildman–Crippen MR) is 98.8 cm³/mol. The second-order valence-corrected chi connectivity index (χ2v) is 6.11. The number of halogens is 1. The zero-order valence-electron chi connectivity index (χ0n) is 12.5. The summed E-state index contributed by atoms with van der Waals surface area (Å²) in [5.41, 5.74) is 2.82. The van der Waals surface area contributed by atoms with E-state index >= 15 is 0 Å².